The minimum Gasteiger partial charge on any atom is -0.151 e. The van der Waals surface area contributed by atoms with E-state index in [9.17, 15) is 4.91 Å². The van der Waals surface area contributed by atoms with Gasteiger partial charge in [-0.3, -0.25) is 0 Å². The first kappa shape index (κ1) is 9.17. The van der Waals surface area contributed by atoms with Crippen molar-refractivity contribution in [1.82, 2.24) is 0 Å². The molecule has 2 aliphatic rings. The third-order valence-electron chi connectivity index (χ3n) is 4.01. The van der Waals surface area contributed by atoms with Crippen molar-refractivity contribution in [3.63, 3.8) is 0 Å². The van der Waals surface area contributed by atoms with E-state index >= 15 is 0 Å². The Labute approximate surface area is 80.1 Å². The Bertz CT molecular complexity index is 196. The van der Waals surface area contributed by atoms with Crippen molar-refractivity contribution in [1.29, 1.82) is 0 Å². The van der Waals surface area contributed by atoms with Crippen LogP contribution in [0.15, 0.2) is 5.18 Å². The highest BCUT2D eigenvalue weighted by atomic mass is 16.3. The molecular weight excluding hydrogens is 162 g/mol. The van der Waals surface area contributed by atoms with Gasteiger partial charge in [-0.15, -0.1) is 0 Å². The highest BCUT2D eigenvalue weighted by Crippen LogP contribution is 2.63. The van der Waals surface area contributed by atoms with Crippen LogP contribution < -0.4 is 0 Å². The fourth-order valence-electron chi connectivity index (χ4n) is 3.09. The lowest BCUT2D eigenvalue weighted by atomic mass is 9.83. The lowest BCUT2D eigenvalue weighted by Crippen LogP contribution is -2.11. The van der Waals surface area contributed by atoms with Crippen LogP contribution in [-0.4, -0.2) is 6.04 Å². The molecule has 0 heterocycles. The number of nitrogens with zero attached hydrogens (tertiary/aromatic N) is 1. The molecule has 1 spiro atoms. The van der Waals surface area contributed by atoms with E-state index in [2.05, 4.69) is 5.18 Å². The molecule has 0 bridgehead atoms. The third kappa shape index (κ3) is 1.77. The van der Waals surface area contributed by atoms with E-state index < -0.39 is 0 Å². The van der Waals surface area contributed by atoms with Crippen molar-refractivity contribution in [3.8, 4) is 0 Å². The smallest absolute Gasteiger partial charge is 0.0894 e. The molecule has 1 unspecified atom stereocenters. The van der Waals surface area contributed by atoms with Crippen molar-refractivity contribution < 1.29 is 0 Å². The van der Waals surface area contributed by atoms with Gasteiger partial charge in [0, 0.05) is 0 Å². The molecule has 74 valence electrons. The van der Waals surface area contributed by atoms with Crippen molar-refractivity contribution in [2.75, 3.05) is 0 Å². The van der Waals surface area contributed by atoms with Crippen LogP contribution in [0.25, 0.3) is 0 Å². The molecule has 0 radical (unpaired) electrons. The van der Waals surface area contributed by atoms with Crippen molar-refractivity contribution >= 4 is 0 Å². The first-order valence-corrected chi connectivity index (χ1v) is 5.59. The zero-order valence-electron chi connectivity index (χ0n) is 8.46. The summed E-state index contributed by atoms with van der Waals surface area (Å²) in [7, 11) is 0. The quantitative estimate of drug-likeness (QED) is 0.613. The molecule has 2 saturated carbocycles. The molecule has 0 aromatic heterocycles. The second kappa shape index (κ2) is 3.39. The summed E-state index contributed by atoms with van der Waals surface area (Å²) in [5, 5.41) is 3.10. The first-order chi connectivity index (χ1) is 6.27. The molecule has 0 saturated heterocycles. The minimum atomic E-state index is 0.0475. The lowest BCUT2D eigenvalue weighted by Gasteiger charge is -2.22. The summed E-state index contributed by atoms with van der Waals surface area (Å²) in [6, 6.07) is 0.0475. The maximum atomic E-state index is 10.3. The summed E-state index contributed by atoms with van der Waals surface area (Å²) in [4.78, 5) is 10.3. The number of nitroso groups, excluding NO2 is 1. The van der Waals surface area contributed by atoms with Gasteiger partial charge < -0.3 is 0 Å². The fourth-order valence-corrected chi connectivity index (χ4v) is 3.09. The number of hydrogen-bond donors (Lipinski definition) is 0. The number of rotatable bonds is 3. The maximum Gasteiger partial charge on any atom is 0.0894 e. The second-order valence-corrected chi connectivity index (χ2v) is 5.01. The van der Waals surface area contributed by atoms with Gasteiger partial charge in [0.25, 0.3) is 0 Å². The maximum absolute atomic E-state index is 10.3. The Balaban J connectivity index is 1.82. The summed E-state index contributed by atoms with van der Waals surface area (Å²) < 4.78 is 0. The summed E-state index contributed by atoms with van der Waals surface area (Å²) >= 11 is 0. The van der Waals surface area contributed by atoms with Gasteiger partial charge in [-0.05, 0) is 43.9 Å². The molecule has 2 rings (SSSR count). The largest absolute Gasteiger partial charge is 0.151 e. The van der Waals surface area contributed by atoms with Gasteiger partial charge in [0.05, 0.1) is 6.04 Å². The van der Waals surface area contributed by atoms with Crippen LogP contribution in [0.2, 0.25) is 0 Å². The first-order valence-electron chi connectivity index (χ1n) is 5.59. The van der Waals surface area contributed by atoms with E-state index in [0.29, 0.717) is 5.41 Å². The van der Waals surface area contributed by atoms with Crippen LogP contribution in [0.5, 0.6) is 0 Å². The molecule has 0 N–H and O–H groups in total. The monoisotopic (exact) mass is 181 g/mol. The minimum absolute atomic E-state index is 0.0475. The normalized spacial score (nSPS) is 32.8. The molecule has 2 nitrogen and oxygen atoms in total. The van der Waals surface area contributed by atoms with E-state index in [1.165, 1.54) is 38.5 Å². The van der Waals surface area contributed by atoms with E-state index in [1.54, 1.807) is 0 Å². The highest BCUT2D eigenvalue weighted by molar-refractivity contribution is 5.03. The Morgan fingerprint density at radius 3 is 2.69 bits per heavy atom. The zero-order valence-corrected chi connectivity index (χ0v) is 8.46. The third-order valence-corrected chi connectivity index (χ3v) is 4.01. The van der Waals surface area contributed by atoms with Crippen LogP contribution in [0.4, 0.5) is 0 Å². The predicted octanol–water partition coefficient (Wildman–Crippen LogP) is 3.50. The van der Waals surface area contributed by atoms with Crippen molar-refractivity contribution in [3.05, 3.63) is 4.91 Å². The Kier molecular flexibility index (Phi) is 2.39. The topological polar surface area (TPSA) is 29.4 Å². The molecule has 2 aliphatic carbocycles. The van der Waals surface area contributed by atoms with E-state index in [0.717, 1.165) is 12.3 Å². The van der Waals surface area contributed by atoms with Crippen LogP contribution in [0, 0.1) is 16.2 Å². The lowest BCUT2D eigenvalue weighted by molar-refractivity contribution is 0.298. The molecule has 13 heavy (non-hydrogen) atoms. The Morgan fingerprint density at radius 2 is 2.08 bits per heavy atom. The van der Waals surface area contributed by atoms with E-state index in [4.69, 9.17) is 0 Å². The summed E-state index contributed by atoms with van der Waals surface area (Å²) in [5.74, 6) is 0.834. The molecule has 0 aromatic carbocycles. The van der Waals surface area contributed by atoms with Gasteiger partial charge in [0.2, 0.25) is 0 Å². The van der Waals surface area contributed by atoms with Crippen LogP contribution in [0.3, 0.4) is 0 Å². The summed E-state index contributed by atoms with van der Waals surface area (Å²) in [6.45, 7) is 1.95. The molecule has 2 heteroatoms. The van der Waals surface area contributed by atoms with Crippen molar-refractivity contribution in [2.24, 2.45) is 16.5 Å². The summed E-state index contributed by atoms with van der Waals surface area (Å²) in [6.07, 6.45) is 9.53. The fraction of sp³-hybridized carbons (Fsp3) is 1.00. The van der Waals surface area contributed by atoms with Gasteiger partial charge in [-0.25, -0.2) is 0 Å². The molecule has 0 amide bonds. The van der Waals surface area contributed by atoms with Gasteiger partial charge in [-0.1, -0.05) is 24.4 Å². The summed E-state index contributed by atoms with van der Waals surface area (Å²) in [5.41, 5.74) is 0.678. The molecule has 2 atom stereocenters. The molecule has 2 fully saturated rings. The van der Waals surface area contributed by atoms with Crippen LogP contribution in [-0.2, 0) is 0 Å². The second-order valence-electron chi connectivity index (χ2n) is 5.01. The Hall–Kier alpha value is -0.400. The van der Waals surface area contributed by atoms with Crippen LogP contribution in [0.1, 0.15) is 51.9 Å². The molecule has 0 aromatic rings. The SMILES string of the molecule is C[C@H](CC1CC12CCCCC2)N=O. The molecular formula is C11H19NO. The molecule has 0 aliphatic heterocycles. The van der Waals surface area contributed by atoms with Gasteiger partial charge in [0.1, 0.15) is 0 Å². The van der Waals surface area contributed by atoms with E-state index in [-0.39, 0.29) is 6.04 Å². The number of hydrogen-bond acceptors (Lipinski definition) is 2. The highest BCUT2D eigenvalue weighted by Gasteiger charge is 2.53. The average Bonchev–Trinajstić information content (AvgIpc) is 2.79. The van der Waals surface area contributed by atoms with Crippen molar-refractivity contribution in [2.45, 2.75) is 57.9 Å². The Morgan fingerprint density at radius 1 is 1.38 bits per heavy atom. The predicted molar refractivity (Wildman–Crippen MR) is 53.5 cm³/mol. The van der Waals surface area contributed by atoms with E-state index in [1.807, 2.05) is 6.92 Å². The van der Waals surface area contributed by atoms with Crippen LogP contribution >= 0.6 is 0 Å². The van der Waals surface area contributed by atoms with Gasteiger partial charge >= 0.3 is 0 Å². The average molecular weight is 181 g/mol. The standard InChI is InChI=1S/C11H19NO/c1-9(12-13)7-10-8-11(10)5-3-2-4-6-11/h9-10H,2-8H2,1H3/t9-,10?/m1/s1. The van der Waals surface area contributed by atoms with Gasteiger partial charge in [-0.2, -0.15) is 4.91 Å². The van der Waals surface area contributed by atoms with Gasteiger partial charge in [0.15, 0.2) is 0 Å². The zero-order chi connectivity index (χ0) is 9.31.